The highest BCUT2D eigenvalue weighted by atomic mass is 35.5. The summed E-state index contributed by atoms with van der Waals surface area (Å²) in [4.78, 5) is 45.5. The number of piperazine rings is 1. The minimum absolute atomic E-state index is 0.0657. The average molecular weight is 844 g/mol. The van der Waals surface area contributed by atoms with Crippen molar-refractivity contribution in [1.29, 1.82) is 0 Å². The Morgan fingerprint density at radius 1 is 1.02 bits per heavy atom. The number of carbonyl (C=O) groups is 2. The number of aromatic amines is 1. The first-order valence-electron chi connectivity index (χ1n) is 19.0. The number of aromatic nitrogens is 5. The second-order valence-corrected chi connectivity index (χ2v) is 14.5. The fourth-order valence-corrected chi connectivity index (χ4v) is 7.08. The van der Waals surface area contributed by atoms with E-state index in [4.69, 9.17) is 26.1 Å². The fourth-order valence-electron chi connectivity index (χ4n) is 6.85. The van der Waals surface area contributed by atoms with Crippen molar-refractivity contribution in [2.24, 2.45) is 0 Å². The van der Waals surface area contributed by atoms with Gasteiger partial charge < -0.3 is 29.7 Å². The molecular weight excluding hydrogens is 803 g/mol. The van der Waals surface area contributed by atoms with Crippen molar-refractivity contribution >= 4 is 40.6 Å². The molecule has 0 spiro atoms. The van der Waals surface area contributed by atoms with Crippen LogP contribution in [0.15, 0.2) is 91.2 Å². The Balaban J connectivity index is 1.11. The standard InChI is InChI=1S/C42H41ClF3N9O5/c1-4-34(39(57)53-14-16-54(17-15-53)40(58)36-37(26(3)47-24-48-36)60-21-27-8-6-5-7-9-27)55(41-50-38(51-52-41)29-10-11-30-22-59-23-31(30)18-29)20-35(56)49-33-13-12-28(19-32(33)43)25(2)42(44,45)46/h5-13,18-19,24,57H,2,4,14-17,20-23H2,1,3H3,(H,49,56)(H,50,51,52)/b39-34-. The number of aliphatic hydroxyl groups excluding tert-OH is 1. The van der Waals surface area contributed by atoms with E-state index < -0.39 is 24.2 Å². The second kappa shape index (κ2) is 17.8. The summed E-state index contributed by atoms with van der Waals surface area (Å²) in [6.07, 6.45) is -3.13. The van der Waals surface area contributed by atoms with Gasteiger partial charge in [-0.2, -0.15) is 18.2 Å². The monoisotopic (exact) mass is 843 g/mol. The number of nitrogens with zero attached hydrogens (tertiary/aromatic N) is 7. The molecule has 1 saturated heterocycles. The maximum atomic E-state index is 13.8. The number of alkyl halides is 3. The third kappa shape index (κ3) is 9.21. The molecule has 0 radical (unpaired) electrons. The van der Waals surface area contributed by atoms with Crippen LogP contribution in [0.25, 0.3) is 17.0 Å². The van der Waals surface area contributed by atoms with Crippen molar-refractivity contribution in [3.05, 3.63) is 130 Å². The summed E-state index contributed by atoms with van der Waals surface area (Å²) in [5, 5.41) is 21.8. The Bertz CT molecular complexity index is 2440. The zero-order chi connectivity index (χ0) is 42.6. The van der Waals surface area contributed by atoms with Gasteiger partial charge in [-0.25, -0.2) is 9.97 Å². The van der Waals surface area contributed by atoms with E-state index in [1.807, 2.05) is 48.5 Å². The number of halogens is 4. The number of carbonyl (C=O) groups excluding carboxylic acids is 2. The molecule has 0 saturated carbocycles. The Hall–Kier alpha value is -6.46. The number of nitrogens with one attached hydrogen (secondary N) is 2. The van der Waals surface area contributed by atoms with Crippen LogP contribution >= 0.6 is 11.6 Å². The lowest BCUT2D eigenvalue weighted by atomic mass is 10.1. The van der Waals surface area contributed by atoms with Gasteiger partial charge in [0.1, 0.15) is 19.5 Å². The van der Waals surface area contributed by atoms with E-state index in [1.54, 1.807) is 23.6 Å². The van der Waals surface area contributed by atoms with Crippen LogP contribution in [0.5, 0.6) is 5.75 Å². The summed E-state index contributed by atoms with van der Waals surface area (Å²) in [6, 6.07) is 18.8. The number of allylic oxidation sites excluding steroid dienone is 2. The zero-order valence-electron chi connectivity index (χ0n) is 32.7. The van der Waals surface area contributed by atoms with Crippen LogP contribution in [0, 0.1) is 6.92 Å². The van der Waals surface area contributed by atoms with Crippen LogP contribution in [0.1, 0.15) is 51.8 Å². The van der Waals surface area contributed by atoms with Crippen molar-refractivity contribution in [3.63, 3.8) is 0 Å². The van der Waals surface area contributed by atoms with E-state index in [9.17, 15) is 27.9 Å². The number of amides is 2. The highest BCUT2D eigenvalue weighted by Gasteiger charge is 2.34. The summed E-state index contributed by atoms with van der Waals surface area (Å²) in [5.74, 6) is -0.360. The minimum atomic E-state index is -4.66. The first-order valence-corrected chi connectivity index (χ1v) is 19.4. The maximum absolute atomic E-state index is 13.8. The number of anilines is 2. The molecule has 2 amide bonds. The predicted molar refractivity (Wildman–Crippen MR) is 218 cm³/mol. The van der Waals surface area contributed by atoms with Crippen molar-refractivity contribution < 1.29 is 37.3 Å². The largest absolute Gasteiger partial charge is 0.493 e. The molecule has 60 heavy (non-hydrogen) atoms. The van der Waals surface area contributed by atoms with Crippen LogP contribution in [0.2, 0.25) is 5.02 Å². The van der Waals surface area contributed by atoms with E-state index in [2.05, 4.69) is 32.1 Å². The van der Waals surface area contributed by atoms with Crippen LogP contribution in [-0.4, -0.2) is 90.8 Å². The number of fused-ring (bicyclic) bond motifs is 1. The highest BCUT2D eigenvalue weighted by molar-refractivity contribution is 6.34. The predicted octanol–water partition coefficient (Wildman–Crippen LogP) is 7.45. The molecule has 0 unspecified atom stereocenters. The summed E-state index contributed by atoms with van der Waals surface area (Å²) in [6.45, 7) is 8.34. The van der Waals surface area contributed by atoms with Crippen LogP contribution in [-0.2, 0) is 29.4 Å². The molecule has 3 aromatic carbocycles. The van der Waals surface area contributed by atoms with Crippen LogP contribution in [0.4, 0.5) is 24.8 Å². The first kappa shape index (κ1) is 41.7. The third-order valence-corrected chi connectivity index (χ3v) is 10.5. The molecule has 5 aromatic rings. The van der Waals surface area contributed by atoms with Crippen molar-refractivity contribution in [3.8, 4) is 17.1 Å². The third-order valence-electron chi connectivity index (χ3n) is 10.1. The molecule has 0 aliphatic carbocycles. The van der Waals surface area contributed by atoms with E-state index in [0.717, 1.165) is 34.4 Å². The topological polar surface area (TPSA) is 162 Å². The molecule has 2 aromatic heterocycles. The molecule has 2 aliphatic heterocycles. The van der Waals surface area contributed by atoms with E-state index in [0.29, 0.717) is 36.2 Å². The molecule has 14 nitrogen and oxygen atoms in total. The Morgan fingerprint density at radius 2 is 1.75 bits per heavy atom. The molecular formula is C42H41ClF3N9O5. The van der Waals surface area contributed by atoms with Gasteiger partial charge in [0.25, 0.3) is 5.91 Å². The first-order chi connectivity index (χ1) is 28.8. The van der Waals surface area contributed by atoms with Gasteiger partial charge in [-0.3, -0.25) is 19.6 Å². The van der Waals surface area contributed by atoms with Crippen molar-refractivity contribution in [1.82, 2.24) is 34.9 Å². The van der Waals surface area contributed by atoms with Gasteiger partial charge in [-0.1, -0.05) is 73.6 Å². The number of rotatable bonds is 13. The van der Waals surface area contributed by atoms with Gasteiger partial charge in [0.2, 0.25) is 17.7 Å². The molecule has 18 heteroatoms. The minimum Gasteiger partial charge on any atom is -0.493 e. The van der Waals surface area contributed by atoms with Gasteiger partial charge >= 0.3 is 6.18 Å². The lowest BCUT2D eigenvalue weighted by Crippen LogP contribution is -2.49. The number of hydrogen-bond acceptors (Lipinski definition) is 11. The van der Waals surface area contributed by atoms with Gasteiger partial charge in [0.15, 0.2) is 17.3 Å². The molecule has 0 bridgehead atoms. The van der Waals surface area contributed by atoms with Gasteiger partial charge in [-0.15, -0.1) is 5.10 Å². The molecule has 4 heterocycles. The SMILES string of the molecule is C=C(c1ccc(NC(=O)CN(/C(CC)=C(\O)N2CCN(C(=O)c3ncnc(C)c3OCc3ccccc3)CC2)c2n[nH]c(-c3ccc4c(c3)COC4)n2)c(Cl)c1)C(F)(F)F. The molecule has 3 N–H and O–H groups in total. The number of hydrogen-bond donors (Lipinski definition) is 3. The number of benzene rings is 3. The van der Waals surface area contributed by atoms with Gasteiger partial charge in [-0.05, 0) is 53.8 Å². The van der Waals surface area contributed by atoms with Crippen LogP contribution in [0.3, 0.4) is 0 Å². The second-order valence-electron chi connectivity index (χ2n) is 14.1. The highest BCUT2D eigenvalue weighted by Crippen LogP contribution is 2.35. The van der Waals surface area contributed by atoms with E-state index >= 15 is 0 Å². The molecule has 2 aliphatic rings. The Morgan fingerprint density at radius 3 is 2.47 bits per heavy atom. The summed E-state index contributed by atoms with van der Waals surface area (Å²) >= 11 is 6.33. The molecule has 0 atom stereocenters. The molecule has 312 valence electrons. The lowest BCUT2D eigenvalue weighted by molar-refractivity contribution is -0.115. The van der Waals surface area contributed by atoms with E-state index in [1.165, 1.54) is 17.3 Å². The van der Waals surface area contributed by atoms with Gasteiger partial charge in [0.05, 0.1) is 40.9 Å². The Kier molecular flexibility index (Phi) is 12.4. The molecule has 7 rings (SSSR count). The lowest BCUT2D eigenvalue weighted by Gasteiger charge is -2.37. The van der Waals surface area contributed by atoms with Crippen molar-refractivity contribution in [2.45, 2.75) is 46.3 Å². The number of aliphatic hydroxyl groups is 1. The fraction of sp³-hybridized carbons (Fsp3) is 0.286. The van der Waals surface area contributed by atoms with E-state index in [-0.39, 0.29) is 78.9 Å². The average Bonchev–Trinajstić information content (AvgIpc) is 3.94. The maximum Gasteiger partial charge on any atom is 0.416 e. The summed E-state index contributed by atoms with van der Waals surface area (Å²) < 4.78 is 51.5. The zero-order valence-corrected chi connectivity index (χ0v) is 33.5. The number of aryl methyl sites for hydroxylation is 1. The summed E-state index contributed by atoms with van der Waals surface area (Å²) in [7, 11) is 0. The smallest absolute Gasteiger partial charge is 0.416 e. The molecule has 1 fully saturated rings. The number of ether oxygens (including phenoxy) is 2. The van der Waals surface area contributed by atoms with Gasteiger partial charge in [0, 0.05) is 31.7 Å². The summed E-state index contributed by atoms with van der Waals surface area (Å²) in [5.41, 5.74) is 3.42. The Labute approximate surface area is 348 Å². The van der Waals surface area contributed by atoms with Crippen molar-refractivity contribution in [2.75, 3.05) is 42.9 Å². The normalized spacial score (nSPS) is 14.4. The quantitative estimate of drug-likeness (QED) is 0.101. The van der Waals surface area contributed by atoms with Crippen LogP contribution < -0.4 is 15.0 Å². The number of H-pyrrole nitrogens is 1.